The first-order chi connectivity index (χ1) is 12.5. The Morgan fingerprint density at radius 2 is 1.88 bits per heavy atom. The zero-order valence-electron chi connectivity index (χ0n) is 13.3. The number of rotatable bonds is 4. The molecule has 0 saturated carbocycles. The number of benzene rings is 2. The van der Waals surface area contributed by atoms with Crippen molar-refractivity contribution < 1.29 is 9.72 Å². The van der Waals surface area contributed by atoms with E-state index in [1.54, 1.807) is 60.7 Å². The van der Waals surface area contributed by atoms with E-state index in [0.717, 1.165) is 0 Å². The first kappa shape index (κ1) is 17.9. The van der Waals surface area contributed by atoms with Crippen LogP contribution in [-0.2, 0) is 4.79 Å². The number of thioether (sulfide) groups is 1. The Kier molecular flexibility index (Phi) is 5.50. The molecule has 0 aliphatic carbocycles. The van der Waals surface area contributed by atoms with E-state index >= 15 is 0 Å². The average molecular weight is 386 g/mol. The molecule has 8 heteroatoms. The Balaban J connectivity index is 1.78. The van der Waals surface area contributed by atoms with Crippen molar-refractivity contribution in [3.63, 3.8) is 0 Å². The van der Waals surface area contributed by atoms with Gasteiger partial charge in [-0.05, 0) is 42.1 Å². The van der Waals surface area contributed by atoms with Crippen LogP contribution in [0.4, 0.5) is 11.4 Å². The summed E-state index contributed by atoms with van der Waals surface area (Å²) >= 11 is 7.23. The molecule has 0 aromatic heterocycles. The number of amides is 1. The number of amidine groups is 1. The third kappa shape index (κ3) is 4.19. The third-order valence-corrected chi connectivity index (χ3v) is 4.63. The van der Waals surface area contributed by atoms with Crippen molar-refractivity contribution in [2.24, 2.45) is 4.99 Å². The van der Waals surface area contributed by atoms with Crippen LogP contribution in [0.2, 0.25) is 5.02 Å². The topological polar surface area (TPSA) is 84.6 Å². The first-order valence-electron chi connectivity index (χ1n) is 7.49. The Hall–Kier alpha value is -2.90. The van der Waals surface area contributed by atoms with Gasteiger partial charge in [0.25, 0.3) is 11.6 Å². The summed E-state index contributed by atoms with van der Waals surface area (Å²) in [6, 6.07) is 13.4. The van der Waals surface area contributed by atoms with Crippen LogP contribution < -0.4 is 5.32 Å². The van der Waals surface area contributed by atoms with Crippen molar-refractivity contribution in [3.05, 3.63) is 86.3 Å². The van der Waals surface area contributed by atoms with Crippen LogP contribution in [0.3, 0.4) is 0 Å². The second kappa shape index (κ2) is 7.99. The van der Waals surface area contributed by atoms with Crippen LogP contribution in [0, 0.1) is 10.1 Å². The predicted octanol–water partition coefficient (Wildman–Crippen LogP) is 4.70. The van der Waals surface area contributed by atoms with Gasteiger partial charge in [-0.3, -0.25) is 14.9 Å². The highest BCUT2D eigenvalue weighted by Crippen LogP contribution is 2.29. The molecule has 1 fully saturated rings. The van der Waals surface area contributed by atoms with Gasteiger partial charge in [0.15, 0.2) is 5.17 Å². The lowest BCUT2D eigenvalue weighted by Gasteiger charge is -1.98. The van der Waals surface area contributed by atoms with Crippen molar-refractivity contribution in [2.75, 3.05) is 0 Å². The second-order valence-electron chi connectivity index (χ2n) is 5.13. The summed E-state index contributed by atoms with van der Waals surface area (Å²) < 4.78 is 0. The van der Waals surface area contributed by atoms with Crippen molar-refractivity contribution in [1.82, 2.24) is 5.32 Å². The number of aliphatic imine (C=N–C) groups is 1. The van der Waals surface area contributed by atoms with Gasteiger partial charge in [-0.25, -0.2) is 4.99 Å². The number of para-hydroxylation sites is 2. The van der Waals surface area contributed by atoms with Gasteiger partial charge in [-0.1, -0.05) is 41.9 Å². The summed E-state index contributed by atoms with van der Waals surface area (Å²) in [7, 11) is 0. The highest BCUT2D eigenvalue weighted by Gasteiger charge is 2.23. The first-order valence-corrected chi connectivity index (χ1v) is 8.68. The smallest absolute Gasteiger partial charge is 0.276 e. The van der Waals surface area contributed by atoms with Gasteiger partial charge >= 0.3 is 0 Å². The van der Waals surface area contributed by atoms with E-state index < -0.39 is 4.92 Å². The minimum Gasteiger partial charge on any atom is -0.300 e. The molecule has 2 aromatic rings. The van der Waals surface area contributed by atoms with Crippen LogP contribution in [0.5, 0.6) is 0 Å². The fourth-order valence-electron chi connectivity index (χ4n) is 2.18. The van der Waals surface area contributed by atoms with E-state index in [0.29, 0.717) is 26.3 Å². The number of halogens is 1. The summed E-state index contributed by atoms with van der Waals surface area (Å²) in [5.74, 6) is -0.284. The molecule has 0 unspecified atom stereocenters. The van der Waals surface area contributed by atoms with Gasteiger partial charge in [0.05, 0.1) is 26.1 Å². The molecule has 1 amide bonds. The fraction of sp³-hybridized carbons (Fsp3) is 0. The van der Waals surface area contributed by atoms with Crippen LogP contribution in [0.15, 0.2) is 70.6 Å². The maximum atomic E-state index is 12.0. The number of hydrogen-bond acceptors (Lipinski definition) is 5. The van der Waals surface area contributed by atoms with E-state index in [-0.39, 0.29) is 11.6 Å². The maximum absolute atomic E-state index is 12.0. The Labute approximate surface area is 158 Å². The van der Waals surface area contributed by atoms with Gasteiger partial charge < -0.3 is 5.32 Å². The molecule has 26 heavy (non-hydrogen) atoms. The highest BCUT2D eigenvalue weighted by molar-refractivity contribution is 8.18. The molecule has 1 aliphatic heterocycles. The quantitative estimate of drug-likeness (QED) is 0.469. The van der Waals surface area contributed by atoms with Crippen molar-refractivity contribution in [3.8, 4) is 0 Å². The highest BCUT2D eigenvalue weighted by atomic mass is 35.5. The van der Waals surface area contributed by atoms with Gasteiger partial charge in [0.2, 0.25) is 0 Å². The average Bonchev–Trinajstić information content (AvgIpc) is 2.97. The largest absolute Gasteiger partial charge is 0.300 e. The summed E-state index contributed by atoms with van der Waals surface area (Å²) in [4.78, 5) is 27.3. The molecule has 3 rings (SSSR count). The van der Waals surface area contributed by atoms with Crippen LogP contribution >= 0.6 is 23.4 Å². The minimum atomic E-state index is -0.446. The molecule has 130 valence electrons. The van der Waals surface area contributed by atoms with E-state index in [2.05, 4.69) is 10.3 Å². The van der Waals surface area contributed by atoms with E-state index in [9.17, 15) is 14.9 Å². The summed E-state index contributed by atoms with van der Waals surface area (Å²) in [5.41, 5.74) is 1.03. The molecular weight excluding hydrogens is 374 g/mol. The summed E-state index contributed by atoms with van der Waals surface area (Å²) in [6.07, 6.45) is 4.77. The summed E-state index contributed by atoms with van der Waals surface area (Å²) in [6.45, 7) is 0. The molecule has 0 radical (unpaired) electrons. The zero-order chi connectivity index (χ0) is 18.5. The van der Waals surface area contributed by atoms with Crippen LogP contribution in [0.1, 0.15) is 5.56 Å². The molecule has 1 N–H and O–H groups in total. The molecule has 6 nitrogen and oxygen atoms in total. The lowest BCUT2D eigenvalue weighted by molar-refractivity contribution is -0.385. The fourth-order valence-corrected chi connectivity index (χ4v) is 3.15. The number of allylic oxidation sites excluding steroid dienone is 2. The standard InChI is InChI=1S/C18H12ClN3O3S/c19-13-8-2-3-9-14(13)20-18-21-17(23)16(26-18)11-5-7-12-6-1-4-10-15(12)22(24)25/h1-11H,(H,20,21,23)/b7-5-,16-11+. The minimum absolute atomic E-state index is 0.00616. The van der Waals surface area contributed by atoms with E-state index in [4.69, 9.17) is 11.6 Å². The Morgan fingerprint density at radius 1 is 1.15 bits per heavy atom. The number of carbonyl (C=O) groups excluding carboxylic acids is 1. The van der Waals surface area contributed by atoms with E-state index in [1.807, 2.05) is 0 Å². The third-order valence-electron chi connectivity index (χ3n) is 3.38. The van der Waals surface area contributed by atoms with Crippen LogP contribution in [-0.4, -0.2) is 16.0 Å². The molecular formula is C18H12ClN3O3S. The van der Waals surface area contributed by atoms with Crippen molar-refractivity contribution >= 4 is 51.9 Å². The van der Waals surface area contributed by atoms with Gasteiger partial charge in [0.1, 0.15) is 0 Å². The van der Waals surface area contributed by atoms with Crippen LogP contribution in [0.25, 0.3) is 6.08 Å². The number of nitrogens with one attached hydrogen (secondary N) is 1. The lowest BCUT2D eigenvalue weighted by Crippen LogP contribution is -2.19. The second-order valence-corrected chi connectivity index (χ2v) is 6.57. The number of hydrogen-bond donors (Lipinski definition) is 1. The maximum Gasteiger partial charge on any atom is 0.276 e. The van der Waals surface area contributed by atoms with Gasteiger partial charge in [-0.2, -0.15) is 0 Å². The molecule has 0 spiro atoms. The number of carbonyl (C=O) groups is 1. The molecule has 1 saturated heterocycles. The predicted molar refractivity (Wildman–Crippen MR) is 104 cm³/mol. The zero-order valence-corrected chi connectivity index (χ0v) is 14.8. The van der Waals surface area contributed by atoms with Gasteiger partial charge in [0, 0.05) is 6.07 Å². The molecule has 1 aliphatic rings. The normalized spacial score (nSPS) is 17.2. The molecule has 0 bridgehead atoms. The monoisotopic (exact) mass is 385 g/mol. The number of nitro benzene ring substituents is 1. The van der Waals surface area contributed by atoms with E-state index in [1.165, 1.54) is 17.8 Å². The van der Waals surface area contributed by atoms with Crippen molar-refractivity contribution in [1.29, 1.82) is 0 Å². The summed E-state index contributed by atoms with van der Waals surface area (Å²) in [5, 5.41) is 14.6. The molecule has 1 heterocycles. The molecule has 2 aromatic carbocycles. The van der Waals surface area contributed by atoms with Crippen molar-refractivity contribution in [2.45, 2.75) is 0 Å². The number of nitro groups is 1. The lowest BCUT2D eigenvalue weighted by atomic mass is 10.1. The Morgan fingerprint density at radius 3 is 2.65 bits per heavy atom. The SMILES string of the molecule is O=C1NC(=Nc2ccccc2Cl)S/C1=C/C=C\c1ccccc1[N+](=O)[O-]. The van der Waals surface area contributed by atoms with Gasteiger partial charge in [-0.15, -0.1) is 0 Å². The number of nitrogens with zero attached hydrogens (tertiary/aromatic N) is 2. The Bertz CT molecular complexity index is 970. The molecule has 0 atom stereocenters.